The van der Waals surface area contributed by atoms with Gasteiger partial charge in [0.2, 0.25) is 17.7 Å². The number of amides is 3. The van der Waals surface area contributed by atoms with E-state index in [1.807, 2.05) is 25.1 Å². The summed E-state index contributed by atoms with van der Waals surface area (Å²) in [6.45, 7) is 6.30. The lowest BCUT2D eigenvalue weighted by atomic mass is 9.74. The molecule has 0 aromatic heterocycles. The van der Waals surface area contributed by atoms with Gasteiger partial charge in [0.25, 0.3) is 0 Å². The number of ether oxygens (including phenoxy) is 2. The van der Waals surface area contributed by atoms with Crippen molar-refractivity contribution in [2.75, 3.05) is 44.7 Å². The van der Waals surface area contributed by atoms with Crippen LogP contribution in [0, 0.1) is 18.8 Å². The molecule has 2 bridgehead atoms. The predicted octanol–water partition coefficient (Wildman–Crippen LogP) is 2.91. The average Bonchev–Trinajstić information content (AvgIpc) is 3.59. The third-order valence-electron chi connectivity index (χ3n) is 9.29. The van der Waals surface area contributed by atoms with Crippen molar-refractivity contribution < 1.29 is 23.9 Å². The number of carbonyl (C=O) groups is 3. The lowest BCUT2D eigenvalue weighted by molar-refractivity contribution is -0.141. The first-order valence-corrected chi connectivity index (χ1v) is 15.1. The first kappa shape index (κ1) is 27.7. The van der Waals surface area contributed by atoms with Gasteiger partial charge in [0.1, 0.15) is 11.6 Å². The third kappa shape index (κ3) is 5.06. The van der Waals surface area contributed by atoms with E-state index in [4.69, 9.17) is 21.1 Å². The molecule has 1 saturated carbocycles. The molecule has 0 radical (unpaired) electrons. The topological polar surface area (TPSA) is 100 Å². The largest absolute Gasteiger partial charge is 0.379 e. The number of nitrogens with zero attached hydrogens (tertiary/aromatic N) is 2. The minimum absolute atomic E-state index is 0.106. The molecule has 1 aromatic rings. The molecule has 9 nitrogen and oxygen atoms in total. The van der Waals surface area contributed by atoms with Gasteiger partial charge in [-0.3, -0.25) is 19.3 Å². The first-order chi connectivity index (χ1) is 19.4. The Balaban J connectivity index is 1.24. The number of aryl methyl sites for hydroxylation is 1. The monoisotopic (exact) mass is 570 g/mol. The van der Waals surface area contributed by atoms with Crippen LogP contribution >= 0.6 is 11.6 Å². The highest BCUT2D eigenvalue weighted by atomic mass is 35.5. The Kier molecular flexibility index (Phi) is 7.92. The summed E-state index contributed by atoms with van der Waals surface area (Å²) < 4.78 is 11.9. The number of fused-ring (bicyclic) bond motifs is 1. The van der Waals surface area contributed by atoms with Crippen molar-refractivity contribution in [1.29, 1.82) is 0 Å². The van der Waals surface area contributed by atoms with Crippen LogP contribution in [0.5, 0.6) is 0 Å². The van der Waals surface area contributed by atoms with Crippen LogP contribution in [0.25, 0.3) is 0 Å². The van der Waals surface area contributed by atoms with Crippen LogP contribution in [0.15, 0.2) is 30.4 Å². The van der Waals surface area contributed by atoms with E-state index in [1.165, 1.54) is 6.42 Å². The Labute approximate surface area is 240 Å². The van der Waals surface area contributed by atoms with Crippen LogP contribution < -0.4 is 10.6 Å². The molecule has 5 atom stereocenters. The molecule has 0 unspecified atom stereocenters. The van der Waals surface area contributed by atoms with E-state index in [0.717, 1.165) is 57.3 Å². The summed E-state index contributed by atoms with van der Waals surface area (Å²) in [6.07, 6.45) is 9.17. The van der Waals surface area contributed by atoms with Gasteiger partial charge in [0.05, 0.1) is 31.2 Å². The summed E-state index contributed by atoms with van der Waals surface area (Å²) in [5.41, 5.74) is 0.336. The third-order valence-corrected chi connectivity index (χ3v) is 9.70. The van der Waals surface area contributed by atoms with Crippen molar-refractivity contribution >= 4 is 35.0 Å². The first-order valence-electron chi connectivity index (χ1n) is 14.7. The Morgan fingerprint density at radius 3 is 2.62 bits per heavy atom. The molecule has 4 aliphatic heterocycles. The number of nitrogens with one attached hydrogen (secondary N) is 2. The Morgan fingerprint density at radius 2 is 1.88 bits per heavy atom. The number of anilines is 1. The molecular formula is C30H39ClN4O5. The van der Waals surface area contributed by atoms with E-state index >= 15 is 0 Å². The predicted molar refractivity (Wildman–Crippen MR) is 151 cm³/mol. The quantitative estimate of drug-likeness (QED) is 0.466. The smallest absolute Gasteiger partial charge is 0.246 e. The fourth-order valence-corrected chi connectivity index (χ4v) is 7.40. The van der Waals surface area contributed by atoms with E-state index in [-0.39, 0.29) is 23.8 Å². The minimum Gasteiger partial charge on any atom is -0.379 e. The summed E-state index contributed by atoms with van der Waals surface area (Å²) in [6, 6.07) is 4.66. The highest BCUT2D eigenvalue weighted by molar-refractivity contribution is 6.31. The van der Waals surface area contributed by atoms with Gasteiger partial charge < -0.3 is 25.0 Å². The zero-order chi connectivity index (χ0) is 27.9. The van der Waals surface area contributed by atoms with Gasteiger partial charge in [-0.2, -0.15) is 0 Å². The van der Waals surface area contributed by atoms with Crippen molar-refractivity contribution in [3.63, 3.8) is 0 Å². The highest BCUT2D eigenvalue weighted by Crippen LogP contribution is 2.55. The second kappa shape index (κ2) is 11.4. The number of carbonyl (C=O) groups excluding carboxylic acids is 3. The number of likely N-dealkylation sites (tertiary alicyclic amines) is 1. The fourth-order valence-electron chi connectivity index (χ4n) is 7.22. The molecular weight excluding hydrogens is 532 g/mol. The number of hydrogen-bond acceptors (Lipinski definition) is 6. The number of benzene rings is 1. The maximum absolute atomic E-state index is 14.1. The van der Waals surface area contributed by atoms with E-state index in [9.17, 15) is 14.4 Å². The van der Waals surface area contributed by atoms with E-state index in [2.05, 4.69) is 15.5 Å². The lowest BCUT2D eigenvalue weighted by Gasteiger charge is -2.34. The van der Waals surface area contributed by atoms with E-state index in [1.54, 1.807) is 17.0 Å². The molecule has 4 fully saturated rings. The van der Waals surface area contributed by atoms with Crippen LogP contribution in [-0.2, 0) is 23.9 Å². The summed E-state index contributed by atoms with van der Waals surface area (Å²) in [5, 5.41) is 6.75. The summed E-state index contributed by atoms with van der Waals surface area (Å²) in [4.78, 5) is 45.7. The molecule has 2 N–H and O–H groups in total. The fraction of sp³-hybridized carbons (Fsp3) is 0.633. The molecule has 1 aliphatic carbocycles. The van der Waals surface area contributed by atoms with Crippen molar-refractivity contribution in [3.05, 3.63) is 40.9 Å². The number of halogens is 1. The average molecular weight is 571 g/mol. The van der Waals surface area contributed by atoms with Crippen LogP contribution in [-0.4, -0.2) is 90.7 Å². The summed E-state index contributed by atoms with van der Waals surface area (Å²) in [7, 11) is 0. The maximum Gasteiger partial charge on any atom is 0.246 e. The molecule has 1 aromatic carbocycles. The minimum atomic E-state index is -1.15. The number of morpholine rings is 1. The summed E-state index contributed by atoms with van der Waals surface area (Å²) >= 11 is 6.29. The van der Waals surface area contributed by atoms with E-state index in [0.29, 0.717) is 30.5 Å². The van der Waals surface area contributed by atoms with Gasteiger partial charge in [-0.25, -0.2) is 0 Å². The van der Waals surface area contributed by atoms with Crippen molar-refractivity contribution in [1.82, 2.24) is 15.1 Å². The van der Waals surface area contributed by atoms with Gasteiger partial charge in [0, 0.05) is 42.9 Å². The van der Waals surface area contributed by atoms with Gasteiger partial charge in [-0.1, -0.05) is 49.1 Å². The molecule has 10 heteroatoms. The zero-order valence-electron chi connectivity index (χ0n) is 23.1. The van der Waals surface area contributed by atoms with Crippen LogP contribution in [0.1, 0.15) is 44.1 Å². The normalized spacial score (nSPS) is 31.9. The number of hydrogen-bond donors (Lipinski definition) is 2. The molecule has 40 heavy (non-hydrogen) atoms. The molecule has 1 spiro atoms. The van der Waals surface area contributed by atoms with Crippen LogP contribution in [0.2, 0.25) is 5.02 Å². The molecule has 3 amide bonds. The van der Waals surface area contributed by atoms with Gasteiger partial charge >= 0.3 is 0 Å². The van der Waals surface area contributed by atoms with Crippen molar-refractivity contribution in [2.45, 2.75) is 69.2 Å². The standard InChI is InChI=1S/C30H39ClN4O5/c1-19-8-9-21(18-22(19)31)33-27(36)24-23-10-11-30(40-23)25(24)29(38)35(13-5-12-34-14-16-39-17-15-34)26(30)28(37)32-20-6-3-2-4-7-20/h8-11,18,20,23-26H,2-7,12-17H2,1H3,(H,32,37)(H,33,36)/t23-,24-,25-,26+,30-/m0/s1. The summed E-state index contributed by atoms with van der Waals surface area (Å²) in [5.74, 6) is -2.14. The second-order valence-electron chi connectivity index (χ2n) is 11.8. The van der Waals surface area contributed by atoms with Gasteiger partial charge in [0.15, 0.2) is 0 Å². The molecule has 3 saturated heterocycles. The van der Waals surface area contributed by atoms with E-state index < -0.39 is 29.6 Å². The maximum atomic E-state index is 14.1. The van der Waals surface area contributed by atoms with Gasteiger partial charge in [-0.05, 0) is 43.9 Å². The molecule has 6 rings (SSSR count). The van der Waals surface area contributed by atoms with Crippen molar-refractivity contribution in [2.24, 2.45) is 11.8 Å². The highest BCUT2D eigenvalue weighted by Gasteiger charge is 2.72. The molecule has 216 valence electrons. The zero-order valence-corrected chi connectivity index (χ0v) is 23.8. The lowest BCUT2D eigenvalue weighted by Crippen LogP contribution is -2.56. The molecule has 4 heterocycles. The Bertz CT molecular complexity index is 1180. The van der Waals surface area contributed by atoms with Crippen molar-refractivity contribution in [3.8, 4) is 0 Å². The molecule has 5 aliphatic rings. The van der Waals surface area contributed by atoms with Crippen LogP contribution in [0.3, 0.4) is 0 Å². The number of rotatable bonds is 8. The Morgan fingerprint density at radius 1 is 1.10 bits per heavy atom. The Hall–Kier alpha value is -2.46. The van der Waals surface area contributed by atoms with Crippen LogP contribution in [0.4, 0.5) is 5.69 Å². The second-order valence-corrected chi connectivity index (χ2v) is 12.2. The van der Waals surface area contributed by atoms with Gasteiger partial charge in [-0.15, -0.1) is 0 Å². The SMILES string of the molecule is Cc1ccc(NC(=O)[C@H]2[C@@H]3C=C[C@]4(O3)[C@@H]2C(=O)N(CCCN2CCOCC2)[C@@H]4C(=O)NC2CCCCC2)cc1Cl.